The van der Waals surface area contributed by atoms with Gasteiger partial charge in [-0.3, -0.25) is 0 Å². The summed E-state index contributed by atoms with van der Waals surface area (Å²) >= 11 is 11.7. The van der Waals surface area contributed by atoms with E-state index in [9.17, 15) is 8.42 Å². The molecule has 3 rings (SSSR count). The quantitative estimate of drug-likeness (QED) is 0.865. The van der Waals surface area contributed by atoms with Crippen LogP contribution < -0.4 is 11.5 Å². The Labute approximate surface area is 145 Å². The van der Waals surface area contributed by atoms with Crippen LogP contribution in [0.15, 0.2) is 53.4 Å². The van der Waals surface area contributed by atoms with Crippen molar-refractivity contribution in [2.75, 3.05) is 6.54 Å². The van der Waals surface area contributed by atoms with Gasteiger partial charge in [0.25, 0.3) is 0 Å². The average molecular weight is 371 g/mol. The van der Waals surface area contributed by atoms with Crippen molar-refractivity contribution in [3.63, 3.8) is 0 Å². The summed E-state index contributed by atoms with van der Waals surface area (Å²) in [5, 5.41) is 0.302. The highest BCUT2D eigenvalue weighted by atomic mass is 35.5. The summed E-state index contributed by atoms with van der Waals surface area (Å²) in [6, 6.07) is 13.1. The Bertz CT molecular complexity index is 822. The summed E-state index contributed by atoms with van der Waals surface area (Å²) in [5.74, 6) is -0.356. The van der Waals surface area contributed by atoms with Crippen molar-refractivity contribution >= 4 is 33.0 Å². The molecule has 0 heterocycles. The third kappa shape index (κ3) is 2.77. The molecule has 1 aliphatic carbocycles. The second-order valence-electron chi connectivity index (χ2n) is 5.77. The van der Waals surface area contributed by atoms with E-state index >= 15 is 0 Å². The maximum atomic E-state index is 12.9. The second-order valence-corrected chi connectivity index (χ2v) is 8.71. The lowest BCUT2D eigenvalue weighted by Crippen LogP contribution is -2.39. The largest absolute Gasteiger partial charge is 0.329 e. The molecule has 0 radical (unpaired) electrons. The van der Waals surface area contributed by atoms with Crippen LogP contribution in [0.25, 0.3) is 0 Å². The Kier molecular flexibility index (Phi) is 4.19. The molecule has 0 aromatic heterocycles. The lowest BCUT2D eigenvalue weighted by molar-refractivity contribution is 0.586. The van der Waals surface area contributed by atoms with E-state index in [4.69, 9.17) is 34.7 Å². The van der Waals surface area contributed by atoms with Crippen LogP contribution in [0.1, 0.15) is 11.5 Å². The molecule has 0 aliphatic heterocycles. The maximum absolute atomic E-state index is 12.9. The number of sulfone groups is 1. The summed E-state index contributed by atoms with van der Waals surface area (Å²) in [5.41, 5.74) is 11.9. The third-order valence-corrected chi connectivity index (χ3v) is 7.17. The van der Waals surface area contributed by atoms with Gasteiger partial charge >= 0.3 is 0 Å². The second kappa shape index (κ2) is 5.76. The molecular weight excluding hydrogens is 355 g/mol. The minimum absolute atomic E-state index is 0.0811. The molecule has 2 aromatic rings. The van der Waals surface area contributed by atoms with E-state index in [2.05, 4.69) is 0 Å². The van der Waals surface area contributed by atoms with Gasteiger partial charge in [0, 0.05) is 22.5 Å². The minimum Gasteiger partial charge on any atom is -0.329 e. The van der Waals surface area contributed by atoms with Crippen LogP contribution in [0, 0.1) is 0 Å². The van der Waals surface area contributed by atoms with Crippen molar-refractivity contribution < 1.29 is 8.42 Å². The number of hydrogen-bond acceptors (Lipinski definition) is 4. The zero-order valence-electron chi connectivity index (χ0n) is 12.1. The van der Waals surface area contributed by atoms with Crippen molar-refractivity contribution in [3.05, 3.63) is 64.1 Å². The Morgan fingerprint density at radius 2 is 1.43 bits per heavy atom. The molecule has 7 heteroatoms. The molecule has 122 valence electrons. The van der Waals surface area contributed by atoms with Crippen LogP contribution in [-0.2, 0) is 9.84 Å². The molecule has 4 N–H and O–H groups in total. The molecule has 0 unspecified atom stereocenters. The van der Waals surface area contributed by atoms with Crippen LogP contribution in [0.5, 0.6) is 0 Å². The predicted molar refractivity (Wildman–Crippen MR) is 92.6 cm³/mol. The van der Waals surface area contributed by atoms with Crippen molar-refractivity contribution in [2.24, 2.45) is 11.5 Å². The average Bonchev–Trinajstić information content (AvgIpc) is 3.16. The number of benzene rings is 2. The van der Waals surface area contributed by atoms with Crippen LogP contribution in [0.3, 0.4) is 0 Å². The molecule has 3 atom stereocenters. The monoisotopic (exact) mass is 370 g/mol. The van der Waals surface area contributed by atoms with E-state index in [1.54, 1.807) is 36.4 Å². The van der Waals surface area contributed by atoms with Crippen molar-refractivity contribution in [3.8, 4) is 0 Å². The highest BCUT2D eigenvalue weighted by Crippen LogP contribution is 2.55. The molecule has 1 aliphatic rings. The molecule has 23 heavy (non-hydrogen) atoms. The Balaban J connectivity index is 2.01. The summed E-state index contributed by atoms with van der Waals surface area (Å²) in [6.45, 7) is 0.0811. The smallest absolute Gasteiger partial charge is 0.183 e. The Morgan fingerprint density at radius 3 is 1.91 bits per heavy atom. The minimum atomic E-state index is -3.61. The van der Waals surface area contributed by atoms with E-state index < -0.39 is 20.6 Å². The Morgan fingerprint density at radius 1 is 0.957 bits per heavy atom. The highest BCUT2D eigenvalue weighted by Gasteiger charge is 2.68. The van der Waals surface area contributed by atoms with Gasteiger partial charge in [0.15, 0.2) is 9.84 Å². The first-order chi connectivity index (χ1) is 10.8. The number of halogens is 2. The number of nitrogens with two attached hydrogens (primary N) is 2. The van der Waals surface area contributed by atoms with Gasteiger partial charge in [-0.1, -0.05) is 35.3 Å². The van der Waals surface area contributed by atoms with Gasteiger partial charge in [-0.2, -0.15) is 0 Å². The highest BCUT2D eigenvalue weighted by molar-refractivity contribution is 7.92. The molecule has 0 amide bonds. The van der Waals surface area contributed by atoms with Crippen LogP contribution in [0.2, 0.25) is 10.0 Å². The predicted octanol–water partition coefficient (Wildman–Crippen LogP) is 2.59. The van der Waals surface area contributed by atoms with Crippen molar-refractivity contribution in [1.82, 2.24) is 0 Å². The summed E-state index contributed by atoms with van der Waals surface area (Å²) in [4.78, 5) is 0.201. The van der Waals surface area contributed by atoms with Gasteiger partial charge < -0.3 is 11.5 Å². The van der Waals surface area contributed by atoms with Crippen LogP contribution in [0.4, 0.5) is 0 Å². The van der Waals surface area contributed by atoms with E-state index in [-0.39, 0.29) is 17.4 Å². The van der Waals surface area contributed by atoms with Crippen LogP contribution in [-0.4, -0.2) is 25.8 Å². The molecule has 0 saturated heterocycles. The fourth-order valence-electron chi connectivity index (χ4n) is 3.06. The van der Waals surface area contributed by atoms with Crippen molar-refractivity contribution in [1.29, 1.82) is 0 Å². The van der Waals surface area contributed by atoms with Gasteiger partial charge in [0.1, 0.15) is 0 Å². The first-order valence-electron chi connectivity index (χ1n) is 7.04. The van der Waals surface area contributed by atoms with E-state index in [1.807, 2.05) is 0 Å². The SMILES string of the molecule is NC[C@]1(N)[C@H](c2ccc(Cl)cc2)[C@@H]1S(=O)(=O)c1ccc(Cl)cc1. The lowest BCUT2D eigenvalue weighted by atomic mass is 10.1. The molecule has 1 fully saturated rings. The normalized spacial score (nSPS) is 27.0. The Hall–Kier alpha value is -1.11. The molecule has 4 nitrogen and oxygen atoms in total. The molecule has 2 aromatic carbocycles. The molecule has 0 bridgehead atoms. The summed E-state index contributed by atoms with van der Waals surface area (Å²) in [7, 11) is -3.61. The van der Waals surface area contributed by atoms with E-state index in [0.29, 0.717) is 10.0 Å². The number of rotatable bonds is 4. The first kappa shape index (κ1) is 16.7. The zero-order chi connectivity index (χ0) is 16.8. The van der Waals surface area contributed by atoms with Gasteiger partial charge in [-0.25, -0.2) is 8.42 Å². The zero-order valence-corrected chi connectivity index (χ0v) is 14.4. The van der Waals surface area contributed by atoms with Crippen molar-refractivity contribution in [2.45, 2.75) is 21.6 Å². The van der Waals surface area contributed by atoms with Crippen LogP contribution >= 0.6 is 23.2 Å². The standard InChI is InChI=1S/C16H16Cl2N2O2S/c17-11-3-1-10(2-4-11)14-15(16(14,20)9-19)23(21,22)13-7-5-12(18)6-8-13/h1-8,14-15H,9,19-20H2/t14-,15+,16+/m1/s1. The van der Waals surface area contributed by atoms with Gasteiger partial charge in [0.05, 0.1) is 15.7 Å². The van der Waals surface area contributed by atoms with Gasteiger partial charge in [-0.05, 0) is 42.0 Å². The fraction of sp³-hybridized carbons (Fsp3) is 0.250. The lowest BCUT2D eigenvalue weighted by Gasteiger charge is -2.09. The topological polar surface area (TPSA) is 86.2 Å². The summed E-state index contributed by atoms with van der Waals surface area (Å²) in [6.07, 6.45) is 0. The third-order valence-electron chi connectivity index (χ3n) is 4.36. The first-order valence-corrected chi connectivity index (χ1v) is 9.35. The maximum Gasteiger partial charge on any atom is 0.183 e. The molecule has 1 saturated carbocycles. The molecular formula is C16H16Cl2N2O2S. The van der Waals surface area contributed by atoms with E-state index in [1.165, 1.54) is 12.1 Å². The van der Waals surface area contributed by atoms with Gasteiger partial charge in [-0.15, -0.1) is 0 Å². The van der Waals surface area contributed by atoms with Gasteiger partial charge in [0.2, 0.25) is 0 Å². The fourth-order valence-corrected chi connectivity index (χ4v) is 5.63. The van der Waals surface area contributed by atoms with E-state index in [0.717, 1.165) is 5.56 Å². The number of hydrogen-bond donors (Lipinski definition) is 2. The summed E-state index contributed by atoms with van der Waals surface area (Å²) < 4.78 is 25.9. The molecule has 0 spiro atoms.